The third-order valence-electron chi connectivity index (χ3n) is 7.13. The topological polar surface area (TPSA) is 17.3 Å². The van der Waals surface area contributed by atoms with Crippen LogP contribution in [0.15, 0.2) is 103 Å². The lowest BCUT2D eigenvalue weighted by molar-refractivity contribution is 0.653. The van der Waals surface area contributed by atoms with Crippen molar-refractivity contribution in [3.05, 3.63) is 131 Å². The van der Waals surface area contributed by atoms with Crippen molar-refractivity contribution in [2.45, 2.75) is 18.8 Å². The molecule has 7 rings (SSSR count). The Labute approximate surface area is 186 Å². The normalized spacial score (nSPS) is 17.5. The van der Waals surface area contributed by atoms with E-state index in [9.17, 15) is 0 Å². The van der Waals surface area contributed by atoms with Crippen LogP contribution in [0.3, 0.4) is 0 Å². The van der Waals surface area contributed by atoms with Crippen LogP contribution in [-0.2, 0) is 0 Å². The zero-order valence-corrected chi connectivity index (χ0v) is 17.9. The van der Waals surface area contributed by atoms with Gasteiger partial charge < -0.3 is 0 Å². The molecule has 152 valence electrons. The highest BCUT2D eigenvalue weighted by molar-refractivity contribution is 6.13. The summed E-state index contributed by atoms with van der Waals surface area (Å²) in [5, 5.41) is 3.80. The molecule has 0 aliphatic carbocycles. The Morgan fingerprint density at radius 3 is 1.91 bits per heavy atom. The van der Waals surface area contributed by atoms with Crippen molar-refractivity contribution >= 4 is 27.3 Å². The van der Waals surface area contributed by atoms with E-state index in [-0.39, 0.29) is 11.8 Å². The average molecular weight is 411 g/mol. The van der Waals surface area contributed by atoms with Crippen LogP contribution in [0.25, 0.3) is 27.3 Å². The van der Waals surface area contributed by atoms with Gasteiger partial charge in [0.2, 0.25) is 0 Å². The van der Waals surface area contributed by atoms with Crippen molar-refractivity contribution in [3.8, 4) is 0 Å². The zero-order valence-electron chi connectivity index (χ0n) is 17.9. The highest BCUT2D eigenvalue weighted by Crippen LogP contribution is 2.50. The number of imidazole rings is 1. The van der Waals surface area contributed by atoms with E-state index in [1.807, 2.05) is 0 Å². The third kappa shape index (κ3) is 2.27. The largest absolute Gasteiger partial charge is 0.295 e. The summed E-state index contributed by atoms with van der Waals surface area (Å²) in [6.45, 7) is 2.18. The van der Waals surface area contributed by atoms with Crippen LogP contribution in [0.4, 0.5) is 0 Å². The minimum Gasteiger partial charge on any atom is -0.295 e. The maximum absolute atomic E-state index is 5.16. The molecule has 0 amide bonds. The van der Waals surface area contributed by atoms with Crippen LogP contribution < -0.4 is 0 Å². The van der Waals surface area contributed by atoms with Gasteiger partial charge in [0.15, 0.2) is 0 Å². The first-order valence-electron chi connectivity index (χ1n) is 11.2. The van der Waals surface area contributed by atoms with E-state index >= 15 is 0 Å². The number of nitrogens with zero attached hydrogens (tertiary/aromatic N) is 2. The molecule has 3 heterocycles. The molecule has 0 bridgehead atoms. The monoisotopic (exact) mass is 410 g/mol. The smallest absolute Gasteiger partial charge is 0.145 e. The second-order valence-electron chi connectivity index (χ2n) is 8.81. The summed E-state index contributed by atoms with van der Waals surface area (Å²) in [6.07, 6.45) is 0. The van der Waals surface area contributed by atoms with E-state index in [0.29, 0.717) is 0 Å². The van der Waals surface area contributed by atoms with E-state index in [0.717, 1.165) is 11.3 Å². The minimum absolute atomic E-state index is 0.202. The molecule has 0 radical (unpaired) electrons. The second kappa shape index (κ2) is 6.54. The highest BCUT2D eigenvalue weighted by Gasteiger charge is 2.37. The molecule has 2 unspecified atom stereocenters. The number of benzene rings is 4. The summed E-state index contributed by atoms with van der Waals surface area (Å²) in [7, 11) is 0. The van der Waals surface area contributed by atoms with Crippen molar-refractivity contribution in [1.82, 2.24) is 9.38 Å². The van der Waals surface area contributed by atoms with Crippen LogP contribution in [0.2, 0.25) is 0 Å². The van der Waals surface area contributed by atoms with Gasteiger partial charge >= 0.3 is 0 Å². The number of para-hydroxylation sites is 1. The van der Waals surface area contributed by atoms with Gasteiger partial charge in [0.05, 0.1) is 16.9 Å². The average Bonchev–Trinajstić information content (AvgIpc) is 3.21. The number of rotatable bonds is 2. The van der Waals surface area contributed by atoms with Crippen molar-refractivity contribution in [1.29, 1.82) is 0 Å². The van der Waals surface area contributed by atoms with Gasteiger partial charge in [-0.1, -0.05) is 103 Å². The number of hydrogen-bond acceptors (Lipinski definition) is 1. The summed E-state index contributed by atoms with van der Waals surface area (Å²) in [5.74, 6) is 0.433. The molecule has 0 fully saturated rings. The maximum atomic E-state index is 5.16. The Balaban J connectivity index is 1.72. The van der Waals surface area contributed by atoms with E-state index in [4.69, 9.17) is 4.98 Å². The standard InChI is InChI=1S/C30H22N2/c1-19-28-27(21-13-6-3-7-14-21)26(20-11-4-2-5-12-20)25-18-10-17-23-22-15-8-9-16-24(22)30(31-19)32(28)29(23)25/h2-18,26-27H,1H3. The van der Waals surface area contributed by atoms with Gasteiger partial charge in [-0.15, -0.1) is 0 Å². The maximum Gasteiger partial charge on any atom is 0.145 e. The summed E-state index contributed by atoms with van der Waals surface area (Å²) >= 11 is 0. The first-order valence-corrected chi connectivity index (χ1v) is 11.2. The fraction of sp³-hybridized carbons (Fsp3) is 0.100. The molecule has 4 aromatic carbocycles. The van der Waals surface area contributed by atoms with Gasteiger partial charge in [0.1, 0.15) is 5.65 Å². The first kappa shape index (κ1) is 17.7. The molecule has 0 saturated carbocycles. The predicted octanol–water partition coefficient (Wildman–Crippen LogP) is 7.23. The molecule has 0 N–H and O–H groups in total. The van der Waals surface area contributed by atoms with Crippen LogP contribution in [0, 0.1) is 6.92 Å². The molecule has 2 nitrogen and oxygen atoms in total. The van der Waals surface area contributed by atoms with Crippen molar-refractivity contribution < 1.29 is 0 Å². The molecule has 2 heteroatoms. The van der Waals surface area contributed by atoms with Gasteiger partial charge in [-0.25, -0.2) is 4.98 Å². The lowest BCUT2D eigenvalue weighted by Crippen LogP contribution is -2.22. The van der Waals surface area contributed by atoms with Crippen molar-refractivity contribution in [2.75, 3.05) is 0 Å². The summed E-state index contributed by atoms with van der Waals surface area (Å²) in [6, 6.07) is 37.4. The number of aryl methyl sites for hydroxylation is 1. The summed E-state index contributed by atoms with van der Waals surface area (Å²) in [4.78, 5) is 5.16. The fourth-order valence-electron chi connectivity index (χ4n) is 5.89. The second-order valence-corrected chi connectivity index (χ2v) is 8.81. The fourth-order valence-corrected chi connectivity index (χ4v) is 5.89. The van der Waals surface area contributed by atoms with E-state index in [1.54, 1.807) is 0 Å². The first-order chi connectivity index (χ1) is 15.8. The quantitative estimate of drug-likeness (QED) is 0.275. The lowest BCUT2D eigenvalue weighted by Gasteiger charge is -2.34. The molecule has 0 spiro atoms. The minimum atomic E-state index is 0.202. The van der Waals surface area contributed by atoms with Gasteiger partial charge in [-0.2, -0.15) is 0 Å². The predicted molar refractivity (Wildman–Crippen MR) is 132 cm³/mol. The van der Waals surface area contributed by atoms with Crippen LogP contribution in [0.1, 0.15) is 39.9 Å². The molecular weight excluding hydrogens is 388 g/mol. The third-order valence-corrected chi connectivity index (χ3v) is 7.13. The summed E-state index contributed by atoms with van der Waals surface area (Å²) in [5.41, 5.74) is 8.87. The Morgan fingerprint density at radius 2 is 1.19 bits per heavy atom. The molecule has 0 saturated heterocycles. The highest BCUT2D eigenvalue weighted by atomic mass is 15.0. The van der Waals surface area contributed by atoms with E-state index in [2.05, 4.69) is 114 Å². The number of fused-ring (bicyclic) bond motifs is 3. The van der Waals surface area contributed by atoms with Crippen LogP contribution >= 0.6 is 0 Å². The molecule has 1 aliphatic rings. The van der Waals surface area contributed by atoms with Crippen molar-refractivity contribution in [3.63, 3.8) is 0 Å². The van der Waals surface area contributed by atoms with Crippen LogP contribution in [-0.4, -0.2) is 9.38 Å². The van der Waals surface area contributed by atoms with E-state index < -0.39 is 0 Å². The van der Waals surface area contributed by atoms with Gasteiger partial charge in [-0.05, 0) is 29.0 Å². The Kier molecular flexibility index (Phi) is 3.63. The zero-order chi connectivity index (χ0) is 21.2. The Hall–Kier alpha value is -3.91. The molecule has 6 aromatic rings. The molecular formula is C30H22N2. The van der Waals surface area contributed by atoms with Gasteiger partial charge in [-0.3, -0.25) is 4.40 Å². The Morgan fingerprint density at radius 1 is 0.594 bits per heavy atom. The number of hydrogen-bond donors (Lipinski definition) is 0. The molecule has 32 heavy (non-hydrogen) atoms. The SMILES string of the molecule is Cc1nc2c3ccccc3c3cccc4c3n2c1C(c1ccccc1)C4c1ccccc1. The van der Waals surface area contributed by atoms with Gasteiger partial charge in [0.25, 0.3) is 0 Å². The van der Waals surface area contributed by atoms with Crippen LogP contribution in [0.5, 0.6) is 0 Å². The molecule has 1 aliphatic heterocycles. The molecule has 2 atom stereocenters. The number of aromatic nitrogens is 2. The Bertz CT molecular complexity index is 1630. The number of pyridine rings is 1. The van der Waals surface area contributed by atoms with Gasteiger partial charge in [0, 0.05) is 22.6 Å². The van der Waals surface area contributed by atoms with E-state index in [1.165, 1.54) is 44.1 Å². The molecule has 2 aromatic heterocycles. The lowest BCUT2D eigenvalue weighted by atomic mass is 9.72. The summed E-state index contributed by atoms with van der Waals surface area (Å²) < 4.78 is 2.46. The van der Waals surface area contributed by atoms with Crippen molar-refractivity contribution in [2.24, 2.45) is 0 Å².